The van der Waals surface area contributed by atoms with Crippen molar-refractivity contribution in [3.8, 4) is 11.6 Å². The van der Waals surface area contributed by atoms with Crippen molar-refractivity contribution in [2.75, 3.05) is 13.2 Å². The van der Waals surface area contributed by atoms with E-state index in [2.05, 4.69) is 26.9 Å². The number of hydrogen-bond donors (Lipinski definition) is 3. The number of benzene rings is 1. The van der Waals surface area contributed by atoms with Crippen LogP contribution in [0, 0.1) is 11.3 Å². The molecule has 5 atom stereocenters. The van der Waals surface area contributed by atoms with Crippen LogP contribution in [0.3, 0.4) is 0 Å². The van der Waals surface area contributed by atoms with Gasteiger partial charge in [-0.05, 0) is 69.0 Å². The van der Waals surface area contributed by atoms with Crippen LogP contribution in [0.25, 0.3) is 10.8 Å². The zero-order valence-electron chi connectivity index (χ0n) is 29.9. The molecule has 3 fully saturated rings. The number of fused-ring (bicyclic) bond motifs is 3. The summed E-state index contributed by atoms with van der Waals surface area (Å²) >= 11 is 0. The second-order valence-electron chi connectivity index (χ2n) is 16.0. The van der Waals surface area contributed by atoms with Gasteiger partial charge in [0, 0.05) is 35.9 Å². The molecule has 15 heteroatoms. The second-order valence-corrected chi connectivity index (χ2v) is 17.9. The molecular formula is C36H47N5O9S. The molecule has 1 saturated heterocycles. The molecule has 4 amide bonds. The van der Waals surface area contributed by atoms with Gasteiger partial charge in [-0.1, -0.05) is 26.8 Å². The van der Waals surface area contributed by atoms with Gasteiger partial charge in [0.1, 0.15) is 35.1 Å². The lowest BCUT2D eigenvalue weighted by Crippen LogP contribution is -2.60. The maximum atomic E-state index is 14.5. The van der Waals surface area contributed by atoms with E-state index < -0.39 is 79.7 Å². The van der Waals surface area contributed by atoms with Gasteiger partial charge in [0.15, 0.2) is 0 Å². The van der Waals surface area contributed by atoms with Crippen molar-refractivity contribution in [3.05, 3.63) is 42.6 Å². The van der Waals surface area contributed by atoms with E-state index in [1.54, 1.807) is 47.7 Å². The molecule has 6 rings (SSSR count). The maximum Gasteiger partial charge on any atom is 0.408 e. The van der Waals surface area contributed by atoms with Gasteiger partial charge in [-0.25, -0.2) is 18.2 Å². The van der Waals surface area contributed by atoms with Crippen molar-refractivity contribution in [2.24, 2.45) is 11.3 Å². The number of ether oxygens (including phenoxy) is 3. The summed E-state index contributed by atoms with van der Waals surface area (Å²) in [5.74, 6) is -1.44. The summed E-state index contributed by atoms with van der Waals surface area (Å²) in [6.07, 6.45) is 3.48. The van der Waals surface area contributed by atoms with E-state index >= 15 is 0 Å². The number of amides is 4. The molecule has 14 nitrogen and oxygen atoms in total. The third-order valence-corrected chi connectivity index (χ3v) is 11.6. The molecule has 51 heavy (non-hydrogen) atoms. The fourth-order valence-electron chi connectivity index (χ4n) is 6.81. The molecule has 1 aromatic carbocycles. The molecule has 2 saturated carbocycles. The number of rotatable bonds is 10. The molecule has 0 bridgehead atoms. The summed E-state index contributed by atoms with van der Waals surface area (Å²) < 4.78 is 45.1. The van der Waals surface area contributed by atoms with Crippen LogP contribution in [0.1, 0.15) is 72.8 Å². The van der Waals surface area contributed by atoms with Gasteiger partial charge in [0.2, 0.25) is 27.7 Å². The zero-order chi connectivity index (χ0) is 37.1. The molecule has 2 aliphatic carbocycles. The minimum absolute atomic E-state index is 0.0316. The number of sulfonamides is 1. The summed E-state index contributed by atoms with van der Waals surface area (Å²) in [5, 5.41) is 6.55. The normalized spacial score (nSPS) is 24.9. The third kappa shape index (κ3) is 7.49. The Hall–Kier alpha value is -4.40. The summed E-state index contributed by atoms with van der Waals surface area (Å²) in [6.45, 7) is 14.8. The highest BCUT2D eigenvalue weighted by Gasteiger charge is 2.62. The average molecular weight is 726 g/mol. The first-order chi connectivity index (χ1) is 23.8. The fraction of sp³-hybridized carbons (Fsp3) is 0.583. The highest BCUT2D eigenvalue weighted by molar-refractivity contribution is 7.91. The third-order valence-electron chi connectivity index (χ3n) is 9.74. The predicted molar refractivity (Wildman–Crippen MR) is 187 cm³/mol. The lowest BCUT2D eigenvalue weighted by Gasteiger charge is -2.36. The van der Waals surface area contributed by atoms with E-state index in [0.29, 0.717) is 25.3 Å². The number of carbonyl (C=O) groups excluding carboxylic acids is 4. The Morgan fingerprint density at radius 3 is 2.45 bits per heavy atom. The largest absolute Gasteiger partial charge is 0.493 e. The van der Waals surface area contributed by atoms with E-state index in [9.17, 15) is 27.6 Å². The highest BCUT2D eigenvalue weighted by atomic mass is 32.2. The molecule has 0 unspecified atom stereocenters. The van der Waals surface area contributed by atoms with Crippen molar-refractivity contribution >= 4 is 44.6 Å². The maximum absolute atomic E-state index is 14.5. The van der Waals surface area contributed by atoms with E-state index in [0.717, 1.165) is 28.5 Å². The molecule has 2 aliphatic heterocycles. The van der Waals surface area contributed by atoms with Crippen LogP contribution in [0.2, 0.25) is 0 Å². The lowest BCUT2D eigenvalue weighted by molar-refractivity contribution is -0.143. The highest BCUT2D eigenvalue weighted by Crippen LogP contribution is 2.46. The van der Waals surface area contributed by atoms with Crippen molar-refractivity contribution in [1.29, 1.82) is 0 Å². The first-order valence-electron chi connectivity index (χ1n) is 17.3. The Morgan fingerprint density at radius 1 is 1.10 bits per heavy atom. The van der Waals surface area contributed by atoms with Crippen LogP contribution in [0.15, 0.2) is 37.1 Å². The van der Waals surface area contributed by atoms with Gasteiger partial charge in [0.25, 0.3) is 5.91 Å². The standard InChI is InChI=1S/C36H47N5O9S/c1-8-20-18-36(20,32(44)40-51(46,47)22-9-10-22)39-29(42)26-17-21(49-30-25-11-12-27-24(14-16-48-27)23(25)13-15-37-30)19-41(26)31(43)28(34(2,3)4)38-33(45)50-35(5,6)7/h8,11-13,15,20-22,26,28H,1,9-10,14,16-19H2,2-7H3,(H,38,45)(H,39,42)(H,40,44)/t20-,21-,26+,28-,36-/m1/s1. The van der Waals surface area contributed by atoms with Gasteiger partial charge in [-0.2, -0.15) is 0 Å². The summed E-state index contributed by atoms with van der Waals surface area (Å²) in [6, 6.07) is 3.38. The Bertz CT molecular complexity index is 1880. The van der Waals surface area contributed by atoms with E-state index in [4.69, 9.17) is 14.2 Å². The second kappa shape index (κ2) is 13.0. The molecule has 4 aliphatic rings. The van der Waals surface area contributed by atoms with Crippen LogP contribution in [-0.2, 0) is 35.6 Å². The van der Waals surface area contributed by atoms with E-state index in [1.807, 2.05) is 18.2 Å². The number of nitrogens with zero attached hydrogens (tertiary/aromatic N) is 2. The Kier molecular flexibility index (Phi) is 9.26. The SMILES string of the molecule is C=C[C@@H]1C[C@]1(NC(=O)[C@@H]1C[C@@H](Oc2nccc3c4c(ccc23)OCC4)CN1C(=O)[C@@H](NC(=O)OC(C)(C)C)C(C)(C)C)C(=O)NS(=O)(=O)C1CC1. The van der Waals surface area contributed by atoms with Crippen LogP contribution in [0.5, 0.6) is 11.6 Å². The Morgan fingerprint density at radius 2 is 1.82 bits per heavy atom. The molecule has 0 spiro atoms. The quantitative estimate of drug-likeness (QED) is 0.308. The van der Waals surface area contributed by atoms with E-state index in [1.165, 1.54) is 11.0 Å². The molecule has 3 N–H and O–H groups in total. The van der Waals surface area contributed by atoms with Gasteiger partial charge in [0.05, 0.1) is 18.4 Å². The minimum atomic E-state index is -3.89. The molecule has 0 radical (unpaired) electrons. The molecule has 276 valence electrons. The van der Waals surface area contributed by atoms with Crippen LogP contribution in [0.4, 0.5) is 4.79 Å². The van der Waals surface area contributed by atoms with Crippen molar-refractivity contribution in [2.45, 2.75) is 108 Å². The van der Waals surface area contributed by atoms with E-state index in [-0.39, 0.29) is 19.4 Å². The average Bonchev–Trinajstić information content (AvgIpc) is 3.92. The topological polar surface area (TPSA) is 182 Å². The van der Waals surface area contributed by atoms with Gasteiger partial charge in [-0.15, -0.1) is 6.58 Å². The number of alkyl carbamates (subject to hydrolysis) is 1. The number of nitrogens with one attached hydrogen (secondary N) is 3. The number of carbonyl (C=O) groups is 4. The minimum Gasteiger partial charge on any atom is -0.493 e. The molecular weight excluding hydrogens is 678 g/mol. The van der Waals surface area contributed by atoms with Crippen molar-refractivity contribution in [3.63, 3.8) is 0 Å². The summed E-state index contributed by atoms with van der Waals surface area (Å²) in [7, 11) is -3.89. The summed E-state index contributed by atoms with van der Waals surface area (Å²) in [4.78, 5) is 61.0. The number of likely N-dealkylation sites (tertiary alicyclic amines) is 1. The van der Waals surface area contributed by atoms with Crippen LogP contribution < -0.4 is 24.8 Å². The van der Waals surface area contributed by atoms with Gasteiger partial charge in [-0.3, -0.25) is 19.1 Å². The van der Waals surface area contributed by atoms with Crippen molar-refractivity contribution in [1.82, 2.24) is 25.2 Å². The first-order valence-corrected chi connectivity index (χ1v) is 18.9. The number of pyridine rings is 1. The van der Waals surface area contributed by atoms with Crippen LogP contribution in [-0.4, -0.2) is 89.8 Å². The monoisotopic (exact) mass is 725 g/mol. The Balaban J connectivity index is 1.29. The first kappa shape index (κ1) is 36.4. The Labute approximate surface area is 298 Å². The zero-order valence-corrected chi connectivity index (χ0v) is 30.7. The molecule has 2 aromatic rings. The molecule has 3 heterocycles. The smallest absolute Gasteiger partial charge is 0.408 e. The predicted octanol–water partition coefficient (Wildman–Crippen LogP) is 3.13. The lowest BCUT2D eigenvalue weighted by atomic mass is 9.85. The van der Waals surface area contributed by atoms with Crippen molar-refractivity contribution < 1.29 is 41.8 Å². The fourth-order valence-corrected chi connectivity index (χ4v) is 8.18. The number of hydrogen-bond acceptors (Lipinski definition) is 10. The number of aromatic nitrogens is 1. The molecule has 1 aromatic heterocycles. The van der Waals surface area contributed by atoms with Gasteiger partial charge >= 0.3 is 6.09 Å². The van der Waals surface area contributed by atoms with Crippen LogP contribution >= 0.6 is 0 Å². The van der Waals surface area contributed by atoms with Gasteiger partial charge < -0.3 is 29.7 Å². The summed E-state index contributed by atoms with van der Waals surface area (Å²) in [5.41, 5.74) is -2.13.